The van der Waals surface area contributed by atoms with Crippen molar-refractivity contribution in [2.24, 2.45) is 0 Å². The minimum atomic E-state index is -0.385. The number of anilines is 1. The van der Waals surface area contributed by atoms with Crippen molar-refractivity contribution >= 4 is 40.0 Å². The van der Waals surface area contributed by atoms with Crippen molar-refractivity contribution in [2.45, 2.75) is 29.6 Å². The van der Waals surface area contributed by atoms with Crippen LogP contribution < -0.4 is 10.6 Å². The summed E-state index contributed by atoms with van der Waals surface area (Å²) in [5.74, 6) is 0.893. The number of nitrogens with zero attached hydrogens (tertiary/aromatic N) is 3. The lowest BCUT2D eigenvalue weighted by atomic mass is 10.2. The summed E-state index contributed by atoms with van der Waals surface area (Å²) in [6.07, 6.45) is 2.15. The summed E-state index contributed by atoms with van der Waals surface area (Å²) in [7, 11) is 0. The van der Waals surface area contributed by atoms with Gasteiger partial charge in [-0.25, -0.2) is 0 Å². The Morgan fingerprint density at radius 3 is 2.82 bits per heavy atom. The molecule has 1 saturated carbocycles. The molecule has 0 radical (unpaired) electrons. The molecule has 0 unspecified atom stereocenters. The third-order valence-electron chi connectivity index (χ3n) is 4.03. The van der Waals surface area contributed by atoms with E-state index in [4.69, 9.17) is 4.52 Å². The van der Waals surface area contributed by atoms with Crippen molar-refractivity contribution in [3.05, 3.63) is 53.4 Å². The van der Waals surface area contributed by atoms with Gasteiger partial charge in [-0.05, 0) is 18.4 Å². The van der Waals surface area contributed by atoms with Gasteiger partial charge >= 0.3 is 0 Å². The molecular weight excluding hydrogens is 398 g/mol. The molecule has 8 nitrogen and oxygen atoms in total. The number of rotatable bonds is 8. The zero-order valence-electron chi connectivity index (χ0n) is 14.8. The smallest absolute Gasteiger partial charge is 0.279 e. The molecule has 0 aliphatic heterocycles. The van der Waals surface area contributed by atoms with Crippen LogP contribution in [0.15, 0.2) is 45.3 Å². The molecule has 0 saturated heterocycles. The molecule has 2 amide bonds. The van der Waals surface area contributed by atoms with E-state index < -0.39 is 0 Å². The van der Waals surface area contributed by atoms with Gasteiger partial charge in [-0.15, -0.1) is 10.2 Å². The summed E-state index contributed by atoms with van der Waals surface area (Å²) in [5, 5.41) is 17.6. The summed E-state index contributed by atoms with van der Waals surface area (Å²) in [5.41, 5.74) is 1.27. The van der Waals surface area contributed by atoms with Crippen LogP contribution in [-0.2, 0) is 11.3 Å². The van der Waals surface area contributed by atoms with Gasteiger partial charge < -0.3 is 9.84 Å². The van der Waals surface area contributed by atoms with Gasteiger partial charge in [-0.2, -0.15) is 0 Å². The second-order valence-corrected chi connectivity index (χ2v) is 8.47. The Balaban J connectivity index is 1.23. The molecule has 10 heteroatoms. The van der Waals surface area contributed by atoms with Crippen molar-refractivity contribution in [1.82, 2.24) is 20.7 Å². The normalized spacial score (nSPS) is 13.3. The first-order chi connectivity index (χ1) is 13.7. The molecule has 2 N–H and O–H groups in total. The van der Waals surface area contributed by atoms with Gasteiger partial charge in [0.25, 0.3) is 5.91 Å². The standard InChI is InChI=1S/C18H17N5O3S2/c24-15(19-9-11-4-2-1-3-5-11)10-27-18-22-21-17(28-18)20-16(25)13-8-14(26-23-13)12-6-7-12/h1-5,8,12H,6-7,9-10H2,(H,19,24)(H,20,21,25). The van der Waals surface area contributed by atoms with Crippen LogP contribution in [-0.4, -0.2) is 32.9 Å². The maximum absolute atomic E-state index is 12.2. The molecule has 28 heavy (non-hydrogen) atoms. The van der Waals surface area contributed by atoms with Gasteiger partial charge in [0.2, 0.25) is 11.0 Å². The van der Waals surface area contributed by atoms with Crippen molar-refractivity contribution in [1.29, 1.82) is 0 Å². The largest absolute Gasteiger partial charge is 0.360 e. The lowest BCUT2D eigenvalue weighted by Gasteiger charge is -2.03. The zero-order chi connectivity index (χ0) is 19.3. The first kappa shape index (κ1) is 18.6. The van der Waals surface area contributed by atoms with Crippen molar-refractivity contribution < 1.29 is 14.1 Å². The number of hydrogen-bond acceptors (Lipinski definition) is 8. The second kappa shape index (κ2) is 8.53. The van der Waals surface area contributed by atoms with Crippen molar-refractivity contribution in [3.8, 4) is 0 Å². The number of benzene rings is 1. The van der Waals surface area contributed by atoms with E-state index in [1.165, 1.54) is 23.1 Å². The highest BCUT2D eigenvalue weighted by molar-refractivity contribution is 8.01. The molecule has 0 atom stereocenters. The second-order valence-electron chi connectivity index (χ2n) is 6.27. The van der Waals surface area contributed by atoms with Crippen LogP contribution in [0.2, 0.25) is 0 Å². The molecule has 1 aromatic carbocycles. The Morgan fingerprint density at radius 1 is 1.21 bits per heavy atom. The van der Waals surface area contributed by atoms with E-state index in [0.29, 0.717) is 21.9 Å². The molecule has 144 valence electrons. The van der Waals surface area contributed by atoms with Crippen LogP contribution >= 0.6 is 23.1 Å². The van der Waals surface area contributed by atoms with Gasteiger partial charge in [0.15, 0.2) is 10.0 Å². The Labute approximate surface area is 169 Å². The fourth-order valence-corrected chi connectivity index (χ4v) is 3.99. The quantitative estimate of drug-likeness (QED) is 0.430. The summed E-state index contributed by atoms with van der Waals surface area (Å²) in [6.45, 7) is 0.484. The molecule has 1 aliphatic carbocycles. The van der Waals surface area contributed by atoms with Gasteiger partial charge in [0.05, 0.1) is 5.75 Å². The number of thioether (sulfide) groups is 1. The number of aromatic nitrogens is 3. The maximum Gasteiger partial charge on any atom is 0.279 e. The summed E-state index contributed by atoms with van der Waals surface area (Å²) in [6, 6.07) is 11.4. The Bertz CT molecular complexity index is 969. The molecule has 0 spiro atoms. The molecular formula is C18H17N5O3S2. The van der Waals surface area contributed by atoms with Crippen LogP contribution in [0.25, 0.3) is 0 Å². The first-order valence-electron chi connectivity index (χ1n) is 8.72. The third-order valence-corrected chi connectivity index (χ3v) is 6.00. The van der Waals surface area contributed by atoms with Gasteiger partial charge in [0.1, 0.15) is 5.76 Å². The average Bonchev–Trinajstić information content (AvgIpc) is 3.26. The molecule has 2 heterocycles. The highest BCUT2D eigenvalue weighted by Gasteiger charge is 2.29. The average molecular weight is 416 g/mol. The van der Waals surface area contributed by atoms with E-state index in [1.807, 2.05) is 30.3 Å². The van der Waals surface area contributed by atoms with E-state index in [-0.39, 0.29) is 23.3 Å². The summed E-state index contributed by atoms with van der Waals surface area (Å²) in [4.78, 5) is 24.2. The van der Waals surface area contributed by atoms with Crippen molar-refractivity contribution in [2.75, 3.05) is 11.1 Å². The van der Waals surface area contributed by atoms with Gasteiger partial charge in [0, 0.05) is 18.5 Å². The van der Waals surface area contributed by atoms with E-state index in [1.54, 1.807) is 6.07 Å². The van der Waals surface area contributed by atoms with Gasteiger partial charge in [-0.3, -0.25) is 14.9 Å². The molecule has 3 aromatic rings. The monoisotopic (exact) mass is 415 g/mol. The van der Waals surface area contributed by atoms with E-state index in [2.05, 4.69) is 26.0 Å². The Kier molecular flexibility index (Phi) is 5.68. The maximum atomic E-state index is 12.2. The summed E-state index contributed by atoms with van der Waals surface area (Å²) >= 11 is 2.48. The highest BCUT2D eigenvalue weighted by Crippen LogP contribution is 2.40. The minimum Gasteiger partial charge on any atom is -0.360 e. The number of amides is 2. The lowest BCUT2D eigenvalue weighted by Crippen LogP contribution is -2.24. The zero-order valence-corrected chi connectivity index (χ0v) is 16.4. The molecule has 0 bridgehead atoms. The molecule has 2 aromatic heterocycles. The molecule has 1 aliphatic rings. The predicted octanol–water partition coefficient (Wildman–Crippen LogP) is 3.06. The summed E-state index contributed by atoms with van der Waals surface area (Å²) < 4.78 is 5.78. The molecule has 1 fully saturated rings. The van der Waals surface area contributed by atoms with Crippen LogP contribution in [0.3, 0.4) is 0 Å². The van der Waals surface area contributed by atoms with E-state index in [0.717, 1.165) is 24.2 Å². The Morgan fingerprint density at radius 2 is 2.04 bits per heavy atom. The topological polar surface area (TPSA) is 110 Å². The number of hydrogen-bond donors (Lipinski definition) is 2. The number of carbonyl (C=O) groups is 2. The van der Waals surface area contributed by atoms with Crippen LogP contribution in [0, 0.1) is 0 Å². The fraction of sp³-hybridized carbons (Fsp3) is 0.278. The fourth-order valence-electron chi connectivity index (χ4n) is 2.41. The predicted molar refractivity (Wildman–Crippen MR) is 105 cm³/mol. The van der Waals surface area contributed by atoms with Gasteiger partial charge in [-0.1, -0.05) is 58.6 Å². The first-order valence-corrected chi connectivity index (χ1v) is 10.5. The SMILES string of the molecule is O=C(CSc1nnc(NC(=O)c2cc(C3CC3)on2)s1)NCc1ccccc1. The van der Waals surface area contributed by atoms with Crippen molar-refractivity contribution in [3.63, 3.8) is 0 Å². The van der Waals surface area contributed by atoms with Crippen LogP contribution in [0.4, 0.5) is 5.13 Å². The Hall–Kier alpha value is -2.72. The van der Waals surface area contributed by atoms with Crippen LogP contribution in [0.1, 0.15) is 40.6 Å². The highest BCUT2D eigenvalue weighted by atomic mass is 32.2. The lowest BCUT2D eigenvalue weighted by molar-refractivity contribution is -0.118. The van der Waals surface area contributed by atoms with E-state index >= 15 is 0 Å². The van der Waals surface area contributed by atoms with Crippen LogP contribution in [0.5, 0.6) is 0 Å². The minimum absolute atomic E-state index is 0.0927. The third kappa shape index (κ3) is 4.96. The molecule has 4 rings (SSSR count). The number of carbonyl (C=O) groups excluding carboxylic acids is 2. The van der Waals surface area contributed by atoms with E-state index in [9.17, 15) is 9.59 Å². The number of nitrogens with one attached hydrogen (secondary N) is 2.